The maximum absolute atomic E-state index is 12.5. The number of quaternary nitrogens is 1. The molecule has 0 saturated heterocycles. The van der Waals surface area contributed by atoms with E-state index in [1.807, 2.05) is 26.1 Å². The first-order valence-electron chi connectivity index (χ1n) is 9.90. The van der Waals surface area contributed by atoms with Gasteiger partial charge in [0.25, 0.3) is 5.91 Å². The molecule has 0 aliphatic heterocycles. The van der Waals surface area contributed by atoms with Gasteiger partial charge in [-0.25, -0.2) is 4.79 Å². The molecule has 4 fully saturated rings. The average molecular weight is 360 g/mol. The van der Waals surface area contributed by atoms with Gasteiger partial charge >= 0.3 is 6.03 Å². The van der Waals surface area contributed by atoms with E-state index < -0.39 is 0 Å². The van der Waals surface area contributed by atoms with Crippen molar-refractivity contribution in [3.8, 4) is 0 Å². The lowest BCUT2D eigenvalue weighted by atomic mass is 9.53. The van der Waals surface area contributed by atoms with Crippen molar-refractivity contribution in [3.05, 3.63) is 24.2 Å². The number of nitrogens with one attached hydrogen (secondary N) is 3. The van der Waals surface area contributed by atoms with Crippen molar-refractivity contribution in [1.82, 2.24) is 10.6 Å². The van der Waals surface area contributed by atoms with E-state index in [2.05, 4.69) is 10.6 Å². The molecule has 0 radical (unpaired) electrons. The third-order valence-electron chi connectivity index (χ3n) is 6.82. The Morgan fingerprint density at radius 3 is 2.38 bits per heavy atom. The summed E-state index contributed by atoms with van der Waals surface area (Å²) in [5.74, 6) is 2.89. The van der Waals surface area contributed by atoms with Crippen LogP contribution < -0.4 is 15.5 Å². The quantitative estimate of drug-likeness (QED) is 0.744. The fourth-order valence-electron chi connectivity index (χ4n) is 5.82. The van der Waals surface area contributed by atoms with Crippen LogP contribution in [0.1, 0.15) is 51.2 Å². The number of carbonyl (C=O) groups excluding carboxylic acids is 2. The molecule has 0 spiro atoms. The van der Waals surface area contributed by atoms with Gasteiger partial charge in [0, 0.05) is 5.54 Å². The summed E-state index contributed by atoms with van der Waals surface area (Å²) in [4.78, 5) is 26.0. The van der Waals surface area contributed by atoms with Crippen LogP contribution in [0.2, 0.25) is 0 Å². The molecule has 6 nitrogen and oxygen atoms in total. The first-order valence-corrected chi connectivity index (χ1v) is 9.90. The fraction of sp³-hybridized carbons (Fsp3) is 0.700. The largest absolute Gasteiger partial charge is 0.463 e. The minimum Gasteiger partial charge on any atom is -0.463 e. The van der Waals surface area contributed by atoms with Crippen molar-refractivity contribution >= 4 is 11.9 Å². The zero-order chi connectivity index (χ0) is 18.3. The number of hydrogen-bond acceptors (Lipinski definition) is 3. The van der Waals surface area contributed by atoms with E-state index in [1.54, 1.807) is 6.26 Å². The van der Waals surface area contributed by atoms with Crippen molar-refractivity contribution in [1.29, 1.82) is 0 Å². The van der Waals surface area contributed by atoms with Gasteiger partial charge in [-0.3, -0.25) is 10.1 Å². The smallest absolute Gasteiger partial charge is 0.322 e. The average Bonchev–Trinajstić information content (AvgIpc) is 3.04. The summed E-state index contributed by atoms with van der Waals surface area (Å²) in [6, 6.07) is 3.08. The van der Waals surface area contributed by atoms with Gasteiger partial charge in [-0.1, -0.05) is 0 Å². The first kappa shape index (κ1) is 17.6. The van der Waals surface area contributed by atoms with Gasteiger partial charge in [-0.2, -0.15) is 0 Å². The van der Waals surface area contributed by atoms with E-state index in [-0.39, 0.29) is 23.5 Å². The van der Waals surface area contributed by atoms with Crippen LogP contribution in [-0.4, -0.2) is 30.6 Å². The highest BCUT2D eigenvalue weighted by atomic mass is 16.3. The molecule has 3 N–H and O–H groups in total. The fourth-order valence-corrected chi connectivity index (χ4v) is 5.82. The third kappa shape index (κ3) is 3.52. The standard InChI is InChI=1S/C20H29N3O3/c1-13(23(2)12-17-4-3-5-26-17)18(24)21-19(25)22-20-9-14-6-15(10-20)8-16(7-14)11-20/h3-5,13-16H,6-12H2,1-2H3,(H2,21,22,24,25)/p+1/t13-,14?,15?,16?,20?/m1/s1. The van der Waals surface area contributed by atoms with Crippen LogP contribution in [0.5, 0.6) is 0 Å². The van der Waals surface area contributed by atoms with Crippen LogP contribution in [0.15, 0.2) is 22.8 Å². The Bertz CT molecular complexity index is 635. The summed E-state index contributed by atoms with van der Waals surface area (Å²) >= 11 is 0. The monoisotopic (exact) mass is 360 g/mol. The Kier molecular flexibility index (Phi) is 4.55. The molecular formula is C20H30N3O3+. The number of rotatable bonds is 5. The number of urea groups is 1. The van der Waals surface area contributed by atoms with Gasteiger partial charge < -0.3 is 14.6 Å². The van der Waals surface area contributed by atoms with E-state index in [0.29, 0.717) is 6.54 Å². The second-order valence-corrected chi connectivity index (χ2v) is 8.97. The Morgan fingerprint density at radius 1 is 1.23 bits per heavy atom. The predicted molar refractivity (Wildman–Crippen MR) is 96.3 cm³/mol. The highest BCUT2D eigenvalue weighted by molar-refractivity contribution is 5.96. The van der Waals surface area contributed by atoms with Crippen LogP contribution >= 0.6 is 0 Å². The van der Waals surface area contributed by atoms with Gasteiger partial charge in [-0.15, -0.1) is 0 Å². The SMILES string of the molecule is C[C@H](C(=O)NC(=O)NC12CC3CC(CC(C3)C1)C2)[NH+](C)Cc1ccco1. The maximum atomic E-state index is 12.5. The highest BCUT2D eigenvalue weighted by Gasteiger charge is 2.51. The van der Waals surface area contributed by atoms with Crippen LogP contribution in [-0.2, 0) is 11.3 Å². The summed E-state index contributed by atoms with van der Waals surface area (Å²) in [5, 5.41) is 5.77. The summed E-state index contributed by atoms with van der Waals surface area (Å²) < 4.78 is 5.34. The number of likely N-dealkylation sites (N-methyl/N-ethyl adjacent to an activating group) is 1. The molecule has 1 heterocycles. The number of hydrogen-bond donors (Lipinski definition) is 3. The Morgan fingerprint density at radius 2 is 1.85 bits per heavy atom. The van der Waals surface area contributed by atoms with E-state index in [1.165, 1.54) is 19.3 Å². The van der Waals surface area contributed by atoms with Crippen molar-refractivity contribution in [2.75, 3.05) is 7.05 Å². The molecule has 4 aliphatic carbocycles. The Hall–Kier alpha value is -1.82. The summed E-state index contributed by atoms with van der Waals surface area (Å²) in [6.07, 6.45) is 8.88. The molecule has 5 rings (SSSR count). The van der Waals surface area contributed by atoms with Crippen LogP contribution in [0.3, 0.4) is 0 Å². The van der Waals surface area contributed by atoms with Gasteiger partial charge in [0.05, 0.1) is 13.3 Å². The highest BCUT2D eigenvalue weighted by Crippen LogP contribution is 2.55. The number of furan rings is 1. The van der Waals surface area contributed by atoms with E-state index in [4.69, 9.17) is 4.42 Å². The van der Waals surface area contributed by atoms with Crippen molar-refractivity contribution in [2.24, 2.45) is 17.8 Å². The van der Waals surface area contributed by atoms with E-state index >= 15 is 0 Å². The molecule has 142 valence electrons. The second-order valence-electron chi connectivity index (χ2n) is 8.97. The van der Waals surface area contributed by atoms with Crippen molar-refractivity contribution in [2.45, 2.75) is 63.6 Å². The number of amides is 3. The molecule has 4 bridgehead atoms. The number of imide groups is 1. The molecule has 2 atom stereocenters. The molecule has 26 heavy (non-hydrogen) atoms. The molecule has 0 aromatic carbocycles. The molecule has 1 aromatic heterocycles. The molecule has 4 saturated carbocycles. The van der Waals surface area contributed by atoms with Gasteiger partial charge in [0.2, 0.25) is 0 Å². The van der Waals surface area contributed by atoms with Gasteiger partial charge in [0.15, 0.2) is 11.8 Å². The minimum atomic E-state index is -0.331. The summed E-state index contributed by atoms with van der Waals surface area (Å²) in [5.41, 5.74) is -0.0741. The zero-order valence-electron chi connectivity index (χ0n) is 15.7. The summed E-state index contributed by atoms with van der Waals surface area (Å²) in [7, 11) is 1.93. The van der Waals surface area contributed by atoms with Crippen molar-refractivity contribution in [3.63, 3.8) is 0 Å². The normalized spacial score (nSPS) is 34.3. The predicted octanol–water partition coefficient (Wildman–Crippen LogP) is 1.48. The molecule has 4 aliphatic rings. The second kappa shape index (κ2) is 6.72. The molecule has 3 amide bonds. The molecule has 6 heteroatoms. The maximum Gasteiger partial charge on any atom is 0.322 e. The van der Waals surface area contributed by atoms with Crippen LogP contribution in [0.25, 0.3) is 0 Å². The van der Waals surface area contributed by atoms with Gasteiger partial charge in [0.1, 0.15) is 6.54 Å². The lowest BCUT2D eigenvalue weighted by Crippen LogP contribution is -3.12. The minimum absolute atomic E-state index is 0.0741. The topological polar surface area (TPSA) is 75.8 Å². The van der Waals surface area contributed by atoms with Gasteiger partial charge in [-0.05, 0) is 75.3 Å². The molecule has 1 unspecified atom stereocenters. The van der Waals surface area contributed by atoms with E-state index in [0.717, 1.165) is 47.7 Å². The lowest BCUT2D eigenvalue weighted by molar-refractivity contribution is -0.909. The lowest BCUT2D eigenvalue weighted by Gasteiger charge is -2.56. The Balaban J connectivity index is 1.31. The first-order chi connectivity index (χ1) is 12.4. The zero-order valence-corrected chi connectivity index (χ0v) is 15.7. The third-order valence-corrected chi connectivity index (χ3v) is 6.82. The van der Waals surface area contributed by atoms with Crippen molar-refractivity contribution < 1.29 is 18.9 Å². The van der Waals surface area contributed by atoms with Crippen LogP contribution in [0.4, 0.5) is 4.79 Å². The number of carbonyl (C=O) groups is 2. The van der Waals surface area contributed by atoms with Crippen LogP contribution in [0, 0.1) is 17.8 Å². The van der Waals surface area contributed by atoms with E-state index in [9.17, 15) is 9.59 Å². The summed E-state index contributed by atoms with van der Waals surface area (Å²) in [6.45, 7) is 2.45. The molecular weight excluding hydrogens is 330 g/mol. The molecule has 1 aromatic rings. The Labute approximate surface area is 154 Å².